The summed E-state index contributed by atoms with van der Waals surface area (Å²) in [4.78, 5) is 20.5. The second kappa shape index (κ2) is 10.0. The van der Waals surface area contributed by atoms with E-state index in [1.54, 1.807) is 12.1 Å². The fourth-order valence-corrected chi connectivity index (χ4v) is 4.01. The predicted octanol–water partition coefficient (Wildman–Crippen LogP) is 3.95. The van der Waals surface area contributed by atoms with Crippen LogP contribution < -0.4 is 26.8 Å². The van der Waals surface area contributed by atoms with Gasteiger partial charge in [-0.25, -0.2) is 13.8 Å². The zero-order chi connectivity index (χ0) is 24.2. The molecular formula is C24H26F2N6O2. The maximum Gasteiger partial charge on any atom is 0.252 e. The summed E-state index contributed by atoms with van der Waals surface area (Å²) in [5.41, 5.74) is 12.5. The fraction of sp³-hybridized carbons (Fsp3) is 0.292. The number of carbonyl (C=O) groups is 1. The van der Waals surface area contributed by atoms with Gasteiger partial charge in [0.15, 0.2) is 11.6 Å². The Morgan fingerprint density at radius 1 is 1.09 bits per heavy atom. The SMILES string of the molecule is COc1ccc(F)c(-c2cc(Nc3nc(N[C@@H]4CCCC[C@@H]4N)c(F)cc3C(N)=O)ccn2)c1. The summed E-state index contributed by atoms with van der Waals surface area (Å²) in [5, 5.41) is 6.05. The van der Waals surface area contributed by atoms with E-state index in [0.29, 0.717) is 17.1 Å². The largest absolute Gasteiger partial charge is 0.497 e. The summed E-state index contributed by atoms with van der Waals surface area (Å²) in [6.07, 6.45) is 5.12. The molecular weight excluding hydrogens is 442 g/mol. The van der Waals surface area contributed by atoms with E-state index in [1.165, 1.54) is 31.5 Å². The molecule has 1 aromatic carbocycles. The van der Waals surface area contributed by atoms with E-state index in [1.807, 2.05) is 0 Å². The first-order chi connectivity index (χ1) is 16.4. The van der Waals surface area contributed by atoms with Gasteiger partial charge in [0, 0.05) is 29.5 Å². The van der Waals surface area contributed by atoms with E-state index >= 15 is 0 Å². The number of amides is 1. The molecule has 2 aromatic heterocycles. The molecule has 3 aromatic rings. The van der Waals surface area contributed by atoms with Crippen LogP contribution in [0.15, 0.2) is 42.6 Å². The number of anilines is 3. The molecule has 4 rings (SSSR count). The molecule has 10 heteroatoms. The first kappa shape index (κ1) is 23.4. The Balaban J connectivity index is 1.66. The smallest absolute Gasteiger partial charge is 0.252 e. The van der Waals surface area contributed by atoms with E-state index in [2.05, 4.69) is 20.6 Å². The molecule has 6 N–H and O–H groups in total. The van der Waals surface area contributed by atoms with Gasteiger partial charge in [-0.2, -0.15) is 0 Å². The van der Waals surface area contributed by atoms with Crippen molar-refractivity contribution in [2.75, 3.05) is 17.7 Å². The summed E-state index contributed by atoms with van der Waals surface area (Å²) >= 11 is 0. The number of nitrogens with one attached hydrogen (secondary N) is 2. The number of nitrogens with two attached hydrogens (primary N) is 2. The molecule has 0 aliphatic heterocycles. The van der Waals surface area contributed by atoms with Crippen molar-refractivity contribution in [2.45, 2.75) is 37.8 Å². The molecule has 1 aliphatic carbocycles. The Morgan fingerprint density at radius 2 is 1.88 bits per heavy atom. The van der Waals surface area contributed by atoms with Crippen molar-refractivity contribution in [3.63, 3.8) is 0 Å². The van der Waals surface area contributed by atoms with Gasteiger partial charge in [0.05, 0.1) is 18.4 Å². The van der Waals surface area contributed by atoms with Crippen LogP contribution in [-0.2, 0) is 0 Å². The maximum absolute atomic E-state index is 14.7. The molecule has 1 fully saturated rings. The van der Waals surface area contributed by atoms with Gasteiger partial charge in [-0.05, 0) is 49.2 Å². The van der Waals surface area contributed by atoms with Crippen molar-refractivity contribution < 1.29 is 18.3 Å². The van der Waals surface area contributed by atoms with Crippen LogP contribution in [-0.4, -0.2) is 35.1 Å². The number of methoxy groups -OCH3 is 1. The molecule has 1 amide bonds. The average Bonchev–Trinajstić information content (AvgIpc) is 2.82. The number of primary amides is 1. The monoisotopic (exact) mass is 468 g/mol. The number of benzene rings is 1. The molecule has 1 saturated carbocycles. The van der Waals surface area contributed by atoms with Gasteiger partial charge >= 0.3 is 0 Å². The first-order valence-corrected chi connectivity index (χ1v) is 10.9. The number of pyridine rings is 2. The van der Waals surface area contributed by atoms with Crippen LogP contribution in [0.3, 0.4) is 0 Å². The number of halogens is 2. The molecule has 8 nitrogen and oxygen atoms in total. The Labute approximate surface area is 195 Å². The first-order valence-electron chi connectivity index (χ1n) is 10.9. The molecule has 34 heavy (non-hydrogen) atoms. The highest BCUT2D eigenvalue weighted by atomic mass is 19.1. The Hall–Kier alpha value is -3.79. The van der Waals surface area contributed by atoms with Crippen LogP contribution in [0.2, 0.25) is 0 Å². The van der Waals surface area contributed by atoms with Crippen molar-refractivity contribution >= 4 is 23.2 Å². The second-order valence-electron chi connectivity index (χ2n) is 8.18. The number of hydrogen-bond donors (Lipinski definition) is 4. The summed E-state index contributed by atoms with van der Waals surface area (Å²) in [5.74, 6) is -1.51. The van der Waals surface area contributed by atoms with Gasteiger partial charge in [0.2, 0.25) is 0 Å². The number of ether oxygens (including phenoxy) is 1. The number of hydrogen-bond acceptors (Lipinski definition) is 7. The Kier molecular flexibility index (Phi) is 6.87. The third kappa shape index (κ3) is 5.07. The zero-order valence-electron chi connectivity index (χ0n) is 18.6. The topological polar surface area (TPSA) is 128 Å². The lowest BCUT2D eigenvalue weighted by molar-refractivity contribution is 0.100. The zero-order valence-corrected chi connectivity index (χ0v) is 18.6. The third-order valence-corrected chi connectivity index (χ3v) is 5.86. The number of aromatic nitrogens is 2. The van der Waals surface area contributed by atoms with Gasteiger partial charge < -0.3 is 26.8 Å². The van der Waals surface area contributed by atoms with Crippen LogP contribution in [0, 0.1) is 11.6 Å². The molecule has 0 radical (unpaired) electrons. The van der Waals surface area contributed by atoms with Crippen LogP contribution >= 0.6 is 0 Å². The molecule has 0 spiro atoms. The predicted molar refractivity (Wildman–Crippen MR) is 126 cm³/mol. The van der Waals surface area contributed by atoms with E-state index in [9.17, 15) is 13.6 Å². The van der Waals surface area contributed by atoms with Crippen molar-refractivity contribution in [3.05, 3.63) is 59.8 Å². The highest BCUT2D eigenvalue weighted by Crippen LogP contribution is 2.30. The van der Waals surface area contributed by atoms with Gasteiger partial charge in [0.25, 0.3) is 5.91 Å². The minimum absolute atomic E-state index is 0.0250. The van der Waals surface area contributed by atoms with E-state index in [4.69, 9.17) is 16.2 Å². The molecule has 0 unspecified atom stereocenters. The normalized spacial score (nSPS) is 17.8. The molecule has 178 valence electrons. The van der Waals surface area contributed by atoms with Gasteiger partial charge in [-0.3, -0.25) is 9.78 Å². The van der Waals surface area contributed by atoms with Crippen molar-refractivity contribution in [1.29, 1.82) is 0 Å². The maximum atomic E-state index is 14.7. The third-order valence-electron chi connectivity index (χ3n) is 5.86. The lowest BCUT2D eigenvalue weighted by Crippen LogP contribution is -2.43. The van der Waals surface area contributed by atoms with Crippen LogP contribution in [0.4, 0.5) is 26.1 Å². The summed E-state index contributed by atoms with van der Waals surface area (Å²) < 4.78 is 34.3. The lowest BCUT2D eigenvalue weighted by Gasteiger charge is -2.30. The van der Waals surface area contributed by atoms with Crippen molar-refractivity contribution in [1.82, 2.24) is 9.97 Å². The van der Waals surface area contributed by atoms with Crippen molar-refractivity contribution in [2.24, 2.45) is 11.5 Å². The molecule has 2 heterocycles. The van der Waals surface area contributed by atoms with Crippen LogP contribution in [0.25, 0.3) is 11.3 Å². The Bertz CT molecular complexity index is 1210. The van der Waals surface area contributed by atoms with Gasteiger partial charge in [0.1, 0.15) is 17.4 Å². The number of nitrogens with zero attached hydrogens (tertiary/aromatic N) is 2. The van der Waals surface area contributed by atoms with E-state index < -0.39 is 17.5 Å². The minimum Gasteiger partial charge on any atom is -0.497 e. The summed E-state index contributed by atoms with van der Waals surface area (Å²) in [6, 6.07) is 8.31. The number of carbonyl (C=O) groups excluding carboxylic acids is 1. The lowest BCUT2D eigenvalue weighted by atomic mass is 9.91. The average molecular weight is 469 g/mol. The Morgan fingerprint density at radius 3 is 2.62 bits per heavy atom. The van der Waals surface area contributed by atoms with Gasteiger partial charge in [-0.15, -0.1) is 0 Å². The molecule has 1 aliphatic rings. The fourth-order valence-electron chi connectivity index (χ4n) is 4.01. The highest BCUT2D eigenvalue weighted by Gasteiger charge is 2.24. The summed E-state index contributed by atoms with van der Waals surface area (Å²) in [7, 11) is 1.49. The number of rotatable bonds is 7. The molecule has 2 atom stereocenters. The van der Waals surface area contributed by atoms with Crippen LogP contribution in [0.5, 0.6) is 5.75 Å². The van der Waals surface area contributed by atoms with Gasteiger partial charge in [-0.1, -0.05) is 12.8 Å². The van der Waals surface area contributed by atoms with E-state index in [0.717, 1.165) is 31.7 Å². The quantitative estimate of drug-likeness (QED) is 0.413. The van der Waals surface area contributed by atoms with Crippen LogP contribution in [0.1, 0.15) is 36.0 Å². The standard InChI is InChI=1S/C24H26F2N6O2/c1-34-14-6-7-17(25)15(11-14)21-10-13(8-9-29-21)30-23-16(22(28)33)12-18(26)24(32-23)31-20-5-3-2-4-19(20)27/h6-12,19-20H,2-5,27H2,1H3,(H2,28,33)(H2,29,30,31,32)/t19-,20+/m0/s1. The van der Waals surface area contributed by atoms with E-state index in [-0.39, 0.29) is 34.8 Å². The minimum atomic E-state index is -0.845. The highest BCUT2D eigenvalue weighted by molar-refractivity contribution is 5.98. The van der Waals surface area contributed by atoms with Crippen molar-refractivity contribution in [3.8, 4) is 17.0 Å². The molecule has 0 saturated heterocycles. The molecule has 0 bridgehead atoms. The second-order valence-corrected chi connectivity index (χ2v) is 8.18. The summed E-state index contributed by atoms with van der Waals surface area (Å²) in [6.45, 7) is 0.